The van der Waals surface area contributed by atoms with Crippen molar-refractivity contribution in [2.75, 3.05) is 0 Å². The van der Waals surface area contributed by atoms with E-state index < -0.39 is 0 Å². The minimum absolute atomic E-state index is 0.263. The summed E-state index contributed by atoms with van der Waals surface area (Å²) < 4.78 is 0. The predicted octanol–water partition coefficient (Wildman–Crippen LogP) is 2.11. The van der Waals surface area contributed by atoms with Crippen LogP contribution in [0.3, 0.4) is 0 Å². The molecule has 0 atom stereocenters. The lowest BCUT2D eigenvalue weighted by molar-refractivity contribution is -0.378. The van der Waals surface area contributed by atoms with E-state index in [4.69, 9.17) is 0 Å². The Morgan fingerprint density at radius 2 is 1.91 bits per heavy atom. The maximum absolute atomic E-state index is 3.07. The molecular formula is C10H16N+. The normalized spacial score (nSPS) is 11.6. The van der Waals surface area contributed by atoms with E-state index in [1.165, 1.54) is 11.1 Å². The summed E-state index contributed by atoms with van der Waals surface area (Å²) in [5, 5.41) is 0. The van der Waals surface area contributed by atoms with Crippen molar-refractivity contribution in [2.45, 2.75) is 33.1 Å². The van der Waals surface area contributed by atoms with Crippen LogP contribution >= 0.6 is 0 Å². The number of rotatable bonds is 0. The van der Waals surface area contributed by atoms with Crippen LogP contribution in [0.2, 0.25) is 0 Å². The summed E-state index contributed by atoms with van der Waals surface area (Å²) in [5.74, 6) is 0. The molecule has 0 spiro atoms. The molecule has 1 nitrogen and oxygen atoms in total. The van der Waals surface area contributed by atoms with Gasteiger partial charge in [-0.3, -0.25) is 0 Å². The number of hydrogen-bond acceptors (Lipinski definition) is 0. The Morgan fingerprint density at radius 1 is 1.27 bits per heavy atom. The smallest absolute Gasteiger partial charge is 0.170 e. The van der Waals surface area contributed by atoms with Gasteiger partial charge in [0.1, 0.15) is 0 Å². The summed E-state index contributed by atoms with van der Waals surface area (Å²) in [6.07, 6.45) is 4.02. The molecule has 1 heterocycles. The van der Waals surface area contributed by atoms with Crippen molar-refractivity contribution in [3.8, 4) is 0 Å². The van der Waals surface area contributed by atoms with Crippen molar-refractivity contribution in [2.24, 2.45) is 0 Å². The van der Waals surface area contributed by atoms with Gasteiger partial charge in [-0.15, -0.1) is 0 Å². The van der Waals surface area contributed by atoms with E-state index in [2.05, 4.69) is 38.7 Å². The van der Waals surface area contributed by atoms with Crippen molar-refractivity contribution in [1.29, 1.82) is 0 Å². The lowest BCUT2D eigenvalue weighted by Crippen LogP contribution is -2.15. The van der Waals surface area contributed by atoms with Gasteiger partial charge in [-0.05, 0) is 17.9 Å². The molecule has 0 radical (unpaired) electrons. The lowest BCUT2D eigenvalue weighted by Gasteiger charge is -2.19. The zero-order chi connectivity index (χ0) is 8.48. The van der Waals surface area contributed by atoms with Crippen molar-refractivity contribution in [1.82, 2.24) is 0 Å². The second-order valence-electron chi connectivity index (χ2n) is 3.99. The van der Waals surface area contributed by atoms with Crippen molar-refractivity contribution < 1.29 is 4.98 Å². The molecule has 0 bridgehead atoms. The second kappa shape index (κ2) is 2.65. The number of hydrogen-bond donors (Lipinski definition) is 0. The monoisotopic (exact) mass is 150 g/mol. The largest absolute Gasteiger partial charge is 0.218 e. The van der Waals surface area contributed by atoms with E-state index in [1.54, 1.807) is 0 Å². The second-order valence-corrected chi connectivity index (χ2v) is 3.99. The third-order valence-corrected chi connectivity index (χ3v) is 1.88. The van der Waals surface area contributed by atoms with Crippen LogP contribution in [-0.2, 0) is 5.41 Å². The lowest BCUT2D eigenvalue weighted by atomic mass is 9.85. The molecule has 1 rings (SSSR count). The fourth-order valence-corrected chi connectivity index (χ4v) is 1.36. The van der Waals surface area contributed by atoms with E-state index in [1.807, 2.05) is 12.4 Å². The van der Waals surface area contributed by atoms with Gasteiger partial charge in [-0.25, -0.2) is 4.98 Å². The summed E-state index contributed by atoms with van der Waals surface area (Å²) in [6, 6.07) is 2.15. The predicted molar refractivity (Wildman–Crippen MR) is 46.4 cm³/mol. The molecule has 1 aromatic heterocycles. The molecule has 0 amide bonds. The minimum atomic E-state index is 0.263. The van der Waals surface area contributed by atoms with E-state index >= 15 is 0 Å². The summed E-state index contributed by atoms with van der Waals surface area (Å²) >= 11 is 0. The molecule has 0 saturated carbocycles. The molecule has 11 heavy (non-hydrogen) atoms. The Labute approximate surface area is 68.5 Å². The van der Waals surface area contributed by atoms with Crippen LogP contribution in [0.5, 0.6) is 0 Å². The van der Waals surface area contributed by atoms with Gasteiger partial charge in [0.2, 0.25) is 0 Å². The first-order valence-corrected chi connectivity index (χ1v) is 3.99. The van der Waals surface area contributed by atoms with Crippen molar-refractivity contribution in [3.63, 3.8) is 0 Å². The topological polar surface area (TPSA) is 14.1 Å². The van der Waals surface area contributed by atoms with Crippen LogP contribution in [0.15, 0.2) is 18.5 Å². The molecule has 0 aromatic carbocycles. The Bertz CT molecular complexity index is 245. The average Bonchev–Trinajstić information content (AvgIpc) is 1.86. The summed E-state index contributed by atoms with van der Waals surface area (Å²) in [6.45, 7) is 8.83. The van der Waals surface area contributed by atoms with Crippen molar-refractivity contribution >= 4 is 0 Å². The van der Waals surface area contributed by atoms with Gasteiger partial charge in [0.15, 0.2) is 12.4 Å². The number of H-pyrrole nitrogens is 1. The van der Waals surface area contributed by atoms with Crippen LogP contribution < -0.4 is 4.98 Å². The SMILES string of the molecule is Cc1c[nH+]ccc1C(C)(C)C. The number of aromatic nitrogens is 1. The molecule has 0 aliphatic rings. The third kappa shape index (κ3) is 1.79. The van der Waals surface area contributed by atoms with E-state index in [9.17, 15) is 0 Å². The zero-order valence-corrected chi connectivity index (χ0v) is 7.73. The number of pyridine rings is 1. The van der Waals surface area contributed by atoms with Crippen LogP contribution in [0.1, 0.15) is 31.9 Å². The molecule has 0 aliphatic carbocycles. The maximum Gasteiger partial charge on any atom is 0.170 e. The Hall–Kier alpha value is -0.850. The molecule has 0 unspecified atom stereocenters. The van der Waals surface area contributed by atoms with Crippen LogP contribution in [-0.4, -0.2) is 0 Å². The molecule has 0 aliphatic heterocycles. The summed E-state index contributed by atoms with van der Waals surface area (Å²) in [5.41, 5.74) is 3.01. The van der Waals surface area contributed by atoms with Gasteiger partial charge in [0, 0.05) is 11.6 Å². The summed E-state index contributed by atoms with van der Waals surface area (Å²) in [4.78, 5) is 3.07. The Morgan fingerprint density at radius 3 is 2.27 bits per heavy atom. The molecule has 1 N–H and O–H groups in total. The number of nitrogens with one attached hydrogen (secondary N) is 1. The van der Waals surface area contributed by atoms with E-state index in [0.29, 0.717) is 0 Å². The van der Waals surface area contributed by atoms with Gasteiger partial charge >= 0.3 is 0 Å². The standard InChI is InChI=1S/C10H15N/c1-8-7-11-6-5-9(8)10(2,3)4/h5-7H,1-4H3/p+1. The van der Waals surface area contributed by atoms with Crippen LogP contribution in [0.25, 0.3) is 0 Å². The summed E-state index contributed by atoms with van der Waals surface area (Å²) in [7, 11) is 0. The molecule has 0 saturated heterocycles. The fraction of sp³-hybridized carbons (Fsp3) is 0.500. The highest BCUT2D eigenvalue weighted by molar-refractivity contribution is 5.26. The van der Waals surface area contributed by atoms with Crippen molar-refractivity contribution in [3.05, 3.63) is 29.6 Å². The van der Waals surface area contributed by atoms with Gasteiger partial charge in [-0.1, -0.05) is 20.8 Å². The van der Waals surface area contributed by atoms with Gasteiger partial charge in [0.05, 0.1) is 0 Å². The molecule has 1 heteroatoms. The van der Waals surface area contributed by atoms with Gasteiger partial charge in [0.25, 0.3) is 0 Å². The highest BCUT2D eigenvalue weighted by Gasteiger charge is 2.16. The quantitative estimate of drug-likeness (QED) is 0.538. The molecule has 60 valence electrons. The molecule has 1 aromatic rings. The zero-order valence-electron chi connectivity index (χ0n) is 7.73. The van der Waals surface area contributed by atoms with Crippen LogP contribution in [0, 0.1) is 6.92 Å². The number of aryl methyl sites for hydroxylation is 1. The maximum atomic E-state index is 3.07. The average molecular weight is 150 g/mol. The fourth-order valence-electron chi connectivity index (χ4n) is 1.36. The van der Waals surface area contributed by atoms with E-state index in [0.717, 1.165) is 0 Å². The van der Waals surface area contributed by atoms with Gasteiger partial charge in [-0.2, -0.15) is 0 Å². The highest BCUT2D eigenvalue weighted by Crippen LogP contribution is 2.23. The minimum Gasteiger partial charge on any atom is -0.218 e. The highest BCUT2D eigenvalue weighted by atomic mass is 14.6. The molecular weight excluding hydrogens is 134 g/mol. The third-order valence-electron chi connectivity index (χ3n) is 1.88. The van der Waals surface area contributed by atoms with Crippen LogP contribution in [0.4, 0.5) is 0 Å². The Balaban J connectivity index is 3.14. The first kappa shape index (κ1) is 8.25. The van der Waals surface area contributed by atoms with Gasteiger partial charge < -0.3 is 0 Å². The molecule has 0 fully saturated rings. The number of aromatic amines is 1. The first-order valence-electron chi connectivity index (χ1n) is 3.99. The first-order chi connectivity index (χ1) is 5.02. The Kier molecular flexibility index (Phi) is 1.99. The van der Waals surface area contributed by atoms with E-state index in [-0.39, 0.29) is 5.41 Å².